The lowest BCUT2D eigenvalue weighted by Crippen LogP contribution is -2.34. The van der Waals surface area contributed by atoms with Crippen molar-refractivity contribution in [3.63, 3.8) is 0 Å². The molecule has 1 saturated carbocycles. The van der Waals surface area contributed by atoms with Gasteiger partial charge in [0.25, 0.3) is 11.8 Å². The van der Waals surface area contributed by atoms with Gasteiger partial charge in [-0.3, -0.25) is 14.4 Å². The van der Waals surface area contributed by atoms with E-state index in [1.54, 1.807) is 24.3 Å². The zero-order valence-corrected chi connectivity index (χ0v) is 20.5. The zero-order chi connectivity index (χ0) is 25.2. The molecule has 3 aliphatic rings. The summed E-state index contributed by atoms with van der Waals surface area (Å²) < 4.78 is 17.7. The third-order valence-corrected chi connectivity index (χ3v) is 7.27. The van der Waals surface area contributed by atoms with Gasteiger partial charge in [-0.1, -0.05) is 55.7 Å². The molecule has 0 saturated heterocycles. The van der Waals surface area contributed by atoms with Crippen molar-refractivity contribution in [2.24, 2.45) is 5.92 Å². The molecule has 1 fully saturated rings. The van der Waals surface area contributed by atoms with Crippen LogP contribution in [0.4, 0.5) is 0 Å². The monoisotopic (exact) mass is 499 g/mol. The van der Waals surface area contributed by atoms with E-state index >= 15 is 0 Å². The molecule has 0 radical (unpaired) electrons. The quantitative estimate of drug-likeness (QED) is 0.385. The zero-order valence-electron chi connectivity index (χ0n) is 20.5. The minimum absolute atomic E-state index is 0.207. The molecule has 2 heterocycles. The van der Waals surface area contributed by atoms with E-state index in [0.717, 1.165) is 47.8 Å². The van der Waals surface area contributed by atoms with Gasteiger partial charge in [-0.2, -0.15) is 0 Å². The molecule has 2 unspecified atom stereocenters. The van der Waals surface area contributed by atoms with E-state index in [1.807, 2.05) is 48.5 Å². The second-order valence-corrected chi connectivity index (χ2v) is 9.75. The minimum Gasteiger partial charge on any atom is -0.490 e. The molecule has 0 aromatic heterocycles. The number of hydroxylamine groups is 2. The van der Waals surface area contributed by atoms with Crippen LogP contribution in [0.15, 0.2) is 72.8 Å². The summed E-state index contributed by atoms with van der Waals surface area (Å²) in [6.45, 7) is 0.776. The van der Waals surface area contributed by atoms with Gasteiger partial charge in [-0.05, 0) is 60.7 Å². The van der Waals surface area contributed by atoms with Crippen LogP contribution in [0.5, 0.6) is 17.2 Å². The van der Waals surface area contributed by atoms with Crippen LogP contribution in [0.25, 0.3) is 0 Å². The molecule has 3 aromatic carbocycles. The van der Waals surface area contributed by atoms with Crippen molar-refractivity contribution in [2.75, 3.05) is 13.2 Å². The van der Waals surface area contributed by atoms with Gasteiger partial charge in [0.05, 0.1) is 11.1 Å². The van der Waals surface area contributed by atoms with Gasteiger partial charge >= 0.3 is 0 Å². The fourth-order valence-corrected chi connectivity index (χ4v) is 5.32. The van der Waals surface area contributed by atoms with Crippen LogP contribution in [0, 0.1) is 5.92 Å². The number of imide groups is 1. The lowest BCUT2D eigenvalue weighted by molar-refractivity contribution is -0.156. The molecular formula is C30H29NO6. The Hall–Kier alpha value is -3.84. The van der Waals surface area contributed by atoms with Gasteiger partial charge in [-0.15, -0.1) is 5.06 Å². The Morgan fingerprint density at radius 2 is 1.46 bits per heavy atom. The van der Waals surface area contributed by atoms with Crippen molar-refractivity contribution in [3.8, 4) is 17.2 Å². The van der Waals surface area contributed by atoms with Crippen molar-refractivity contribution in [1.29, 1.82) is 0 Å². The maximum Gasteiger partial charge on any atom is 0.285 e. The van der Waals surface area contributed by atoms with Gasteiger partial charge in [0, 0.05) is 0 Å². The number of fused-ring (bicyclic) bond motifs is 2. The highest BCUT2D eigenvalue weighted by Crippen LogP contribution is 2.39. The second-order valence-electron chi connectivity index (χ2n) is 9.75. The highest BCUT2D eigenvalue weighted by molar-refractivity contribution is 6.20. The molecule has 0 spiro atoms. The number of rotatable bonds is 7. The first-order valence-corrected chi connectivity index (χ1v) is 12.9. The first-order chi connectivity index (χ1) is 18.2. The van der Waals surface area contributed by atoms with Crippen LogP contribution >= 0.6 is 0 Å². The molecule has 1 aliphatic carbocycles. The highest BCUT2D eigenvalue weighted by atomic mass is 16.7. The summed E-state index contributed by atoms with van der Waals surface area (Å²) in [5.41, 5.74) is 1.69. The van der Waals surface area contributed by atoms with Gasteiger partial charge in [0.2, 0.25) is 0 Å². The molecule has 2 amide bonds. The predicted octanol–water partition coefficient (Wildman–Crippen LogP) is 5.75. The van der Waals surface area contributed by atoms with Crippen LogP contribution in [0.3, 0.4) is 0 Å². The third-order valence-electron chi connectivity index (χ3n) is 7.27. The standard InChI is InChI=1S/C30H29NO6/c32-29-24-10-4-5-11-25(24)30(33)31(29)37-28(20-8-2-1-3-9-20)21-14-16-22(17-15-21)34-18-23-19-35-26-12-6-7-13-27(26)36-23/h4-7,10-17,20,23,28H,1-3,8-9,18-19H2. The van der Waals surface area contributed by atoms with E-state index in [0.29, 0.717) is 30.1 Å². The summed E-state index contributed by atoms with van der Waals surface area (Å²) in [7, 11) is 0. The number of amides is 2. The van der Waals surface area contributed by atoms with E-state index in [2.05, 4.69) is 0 Å². The Morgan fingerprint density at radius 1 is 0.811 bits per heavy atom. The molecular weight excluding hydrogens is 470 g/mol. The van der Waals surface area contributed by atoms with E-state index in [-0.39, 0.29) is 12.0 Å². The molecule has 2 aliphatic heterocycles. The topological polar surface area (TPSA) is 74.3 Å². The number of carbonyl (C=O) groups is 2. The average Bonchev–Trinajstić information content (AvgIpc) is 3.20. The Kier molecular flexibility index (Phi) is 6.53. The Balaban J connectivity index is 1.15. The first-order valence-electron chi connectivity index (χ1n) is 12.9. The minimum atomic E-state index is -0.405. The average molecular weight is 500 g/mol. The van der Waals surface area contributed by atoms with E-state index in [4.69, 9.17) is 19.0 Å². The van der Waals surface area contributed by atoms with Crippen LogP contribution in [-0.2, 0) is 4.84 Å². The van der Waals surface area contributed by atoms with Crippen LogP contribution < -0.4 is 14.2 Å². The van der Waals surface area contributed by atoms with E-state index in [1.165, 1.54) is 6.42 Å². The van der Waals surface area contributed by atoms with Crippen molar-refractivity contribution < 1.29 is 28.6 Å². The Morgan fingerprint density at radius 3 is 2.16 bits per heavy atom. The van der Waals surface area contributed by atoms with Crippen LogP contribution in [0.1, 0.15) is 64.5 Å². The normalized spacial score (nSPS) is 20.0. The lowest BCUT2D eigenvalue weighted by Gasteiger charge is -2.32. The summed E-state index contributed by atoms with van der Waals surface area (Å²) in [4.78, 5) is 32.2. The van der Waals surface area contributed by atoms with Gasteiger partial charge in [-0.25, -0.2) is 0 Å². The molecule has 2 atom stereocenters. The number of nitrogens with zero attached hydrogens (tertiary/aromatic N) is 1. The van der Waals surface area contributed by atoms with Gasteiger partial charge in [0.15, 0.2) is 17.6 Å². The van der Waals surface area contributed by atoms with E-state index in [9.17, 15) is 9.59 Å². The molecule has 3 aromatic rings. The van der Waals surface area contributed by atoms with Crippen molar-refractivity contribution in [3.05, 3.63) is 89.5 Å². The number of hydrogen-bond acceptors (Lipinski definition) is 6. The SMILES string of the molecule is O=C1c2ccccc2C(=O)N1OC(c1ccc(OCC2COc3ccccc3O2)cc1)C1CCCCC1. The summed E-state index contributed by atoms with van der Waals surface area (Å²) >= 11 is 0. The van der Waals surface area contributed by atoms with Crippen molar-refractivity contribution in [2.45, 2.75) is 44.3 Å². The predicted molar refractivity (Wildman–Crippen MR) is 136 cm³/mol. The molecule has 6 rings (SSSR count). The molecule has 0 bridgehead atoms. The summed E-state index contributed by atoms with van der Waals surface area (Å²) in [5, 5.41) is 0.951. The summed E-state index contributed by atoms with van der Waals surface area (Å²) in [6, 6.07) is 22.2. The molecule has 0 N–H and O–H groups in total. The summed E-state index contributed by atoms with van der Waals surface area (Å²) in [5.74, 6) is 1.58. The molecule has 7 heteroatoms. The van der Waals surface area contributed by atoms with Gasteiger partial charge in [0.1, 0.15) is 25.1 Å². The fourth-order valence-electron chi connectivity index (χ4n) is 5.32. The molecule has 37 heavy (non-hydrogen) atoms. The summed E-state index contributed by atoms with van der Waals surface area (Å²) in [6.07, 6.45) is 4.80. The first kappa shape index (κ1) is 23.6. The lowest BCUT2D eigenvalue weighted by atomic mass is 9.82. The van der Waals surface area contributed by atoms with Crippen molar-refractivity contribution in [1.82, 2.24) is 5.06 Å². The fraction of sp³-hybridized carbons (Fsp3) is 0.333. The van der Waals surface area contributed by atoms with E-state index < -0.39 is 17.9 Å². The Bertz CT molecular complexity index is 1250. The highest BCUT2D eigenvalue weighted by Gasteiger charge is 2.40. The largest absolute Gasteiger partial charge is 0.490 e. The van der Waals surface area contributed by atoms with Crippen LogP contribution in [0.2, 0.25) is 0 Å². The number of hydrogen-bond donors (Lipinski definition) is 0. The number of benzene rings is 3. The molecule has 190 valence electrons. The molecule has 7 nitrogen and oxygen atoms in total. The smallest absolute Gasteiger partial charge is 0.285 e. The van der Waals surface area contributed by atoms with Gasteiger partial charge < -0.3 is 14.2 Å². The van der Waals surface area contributed by atoms with Crippen LogP contribution in [-0.4, -0.2) is 36.2 Å². The maximum atomic E-state index is 13.0. The number of ether oxygens (including phenoxy) is 3. The maximum absolute atomic E-state index is 13.0. The number of para-hydroxylation sites is 2. The Labute approximate surface area is 215 Å². The number of carbonyl (C=O) groups excluding carboxylic acids is 2. The second kappa shape index (κ2) is 10.3. The third kappa shape index (κ3) is 4.79. The van der Waals surface area contributed by atoms with Crippen molar-refractivity contribution >= 4 is 11.8 Å².